The molecule has 29 heavy (non-hydrogen) atoms. The van der Waals surface area contributed by atoms with Crippen molar-refractivity contribution < 1.29 is 18.7 Å². The number of nitrogens with one attached hydrogen (secondary N) is 1. The lowest BCUT2D eigenvalue weighted by atomic mass is 10.0. The van der Waals surface area contributed by atoms with E-state index < -0.39 is 0 Å². The first-order valence-electron chi connectivity index (χ1n) is 9.85. The highest BCUT2D eigenvalue weighted by atomic mass is 19.1. The van der Waals surface area contributed by atoms with Gasteiger partial charge in [-0.3, -0.25) is 9.59 Å². The second-order valence-electron chi connectivity index (χ2n) is 7.13. The van der Waals surface area contributed by atoms with E-state index in [2.05, 4.69) is 5.32 Å². The second-order valence-corrected chi connectivity index (χ2v) is 7.13. The van der Waals surface area contributed by atoms with Gasteiger partial charge < -0.3 is 15.0 Å². The van der Waals surface area contributed by atoms with Crippen molar-refractivity contribution in [3.05, 3.63) is 65.5 Å². The third-order valence-corrected chi connectivity index (χ3v) is 4.58. The fourth-order valence-electron chi connectivity index (χ4n) is 2.94. The van der Waals surface area contributed by atoms with Gasteiger partial charge >= 0.3 is 0 Å². The molecule has 0 aliphatic rings. The number of carbonyl (C=O) groups excluding carboxylic acids is 2. The van der Waals surface area contributed by atoms with Gasteiger partial charge in [0.1, 0.15) is 11.6 Å². The average molecular weight is 400 g/mol. The van der Waals surface area contributed by atoms with Gasteiger partial charge in [-0.1, -0.05) is 19.1 Å². The van der Waals surface area contributed by atoms with E-state index in [1.54, 1.807) is 30.3 Å². The summed E-state index contributed by atoms with van der Waals surface area (Å²) in [4.78, 5) is 26.4. The zero-order chi connectivity index (χ0) is 21.2. The van der Waals surface area contributed by atoms with E-state index in [1.165, 1.54) is 12.1 Å². The van der Waals surface area contributed by atoms with Gasteiger partial charge in [0.25, 0.3) is 0 Å². The highest BCUT2D eigenvalue weighted by molar-refractivity contribution is 5.98. The van der Waals surface area contributed by atoms with Crippen LogP contribution in [-0.2, 0) is 4.79 Å². The van der Waals surface area contributed by atoms with Crippen molar-refractivity contribution in [1.82, 2.24) is 10.2 Å². The smallest absolute Gasteiger partial charge is 0.220 e. The number of hydrogen-bond acceptors (Lipinski definition) is 4. The Balaban J connectivity index is 1.83. The number of ether oxygens (including phenoxy) is 1. The molecular formula is C23H29FN2O3. The molecular weight excluding hydrogens is 371 g/mol. The van der Waals surface area contributed by atoms with E-state index in [0.29, 0.717) is 18.7 Å². The molecule has 0 spiro atoms. The summed E-state index contributed by atoms with van der Waals surface area (Å²) in [5.41, 5.74) is 1.35. The van der Waals surface area contributed by atoms with Crippen LogP contribution in [0, 0.1) is 5.82 Å². The Morgan fingerprint density at radius 2 is 1.83 bits per heavy atom. The average Bonchev–Trinajstić information content (AvgIpc) is 2.71. The monoisotopic (exact) mass is 400 g/mol. The Bertz CT molecular complexity index is 806. The molecule has 1 atom stereocenters. The largest absolute Gasteiger partial charge is 0.494 e. The maximum absolute atomic E-state index is 13.5. The molecule has 1 amide bonds. The Morgan fingerprint density at radius 1 is 1.10 bits per heavy atom. The van der Waals surface area contributed by atoms with Gasteiger partial charge in [-0.25, -0.2) is 4.39 Å². The molecule has 2 aromatic carbocycles. The van der Waals surface area contributed by atoms with E-state index in [1.807, 2.05) is 32.0 Å². The minimum Gasteiger partial charge on any atom is -0.494 e. The topological polar surface area (TPSA) is 58.6 Å². The summed E-state index contributed by atoms with van der Waals surface area (Å²) in [6, 6.07) is 13.2. The molecule has 1 N–H and O–H groups in total. The first-order chi connectivity index (χ1) is 13.9. The first-order valence-corrected chi connectivity index (χ1v) is 9.85. The third kappa shape index (κ3) is 7.31. The van der Waals surface area contributed by atoms with Gasteiger partial charge in [0.05, 0.1) is 12.6 Å². The van der Waals surface area contributed by atoms with E-state index >= 15 is 0 Å². The minimum atomic E-state index is -0.308. The summed E-state index contributed by atoms with van der Waals surface area (Å²) in [6.07, 6.45) is 1.16. The fourth-order valence-corrected chi connectivity index (χ4v) is 2.94. The van der Waals surface area contributed by atoms with Crippen molar-refractivity contribution >= 4 is 11.7 Å². The number of ketones is 1. The maximum atomic E-state index is 13.5. The lowest BCUT2D eigenvalue weighted by molar-refractivity contribution is -0.121. The summed E-state index contributed by atoms with van der Waals surface area (Å²) in [5, 5.41) is 2.85. The van der Waals surface area contributed by atoms with E-state index in [0.717, 1.165) is 17.7 Å². The number of nitrogens with zero attached hydrogens (tertiary/aromatic N) is 1. The standard InChI is InChI=1S/C23H29FN2O3/c1-4-14-29-20-10-8-17(9-11-20)22(27)12-13-23(28)25-16-21(26(2)3)18-6-5-7-19(24)15-18/h5-11,15,21H,4,12-14,16H2,1-3H3,(H,25,28). The molecule has 0 radical (unpaired) electrons. The van der Waals surface area contributed by atoms with Gasteiger partial charge in [-0.05, 0) is 62.5 Å². The van der Waals surface area contributed by atoms with Gasteiger partial charge in [0, 0.05) is 24.9 Å². The molecule has 2 rings (SSSR count). The summed E-state index contributed by atoms with van der Waals surface area (Å²) in [5.74, 6) is 0.131. The number of hydrogen-bond donors (Lipinski definition) is 1. The first kappa shape index (κ1) is 22.6. The molecule has 0 aromatic heterocycles. The number of benzene rings is 2. The summed E-state index contributed by atoms with van der Waals surface area (Å²) >= 11 is 0. The van der Waals surface area contributed by atoms with Crippen molar-refractivity contribution in [1.29, 1.82) is 0 Å². The van der Waals surface area contributed by atoms with Crippen LogP contribution >= 0.6 is 0 Å². The second kappa shape index (κ2) is 11.3. The molecule has 0 saturated heterocycles. The molecule has 0 saturated carbocycles. The zero-order valence-corrected chi connectivity index (χ0v) is 17.3. The Hall–Kier alpha value is -2.73. The molecule has 2 aromatic rings. The van der Waals surface area contributed by atoms with E-state index in [4.69, 9.17) is 4.74 Å². The number of rotatable bonds is 11. The van der Waals surface area contributed by atoms with Crippen molar-refractivity contribution in [2.24, 2.45) is 0 Å². The molecule has 0 aliphatic carbocycles. The number of carbonyl (C=O) groups is 2. The maximum Gasteiger partial charge on any atom is 0.220 e. The van der Waals surface area contributed by atoms with E-state index in [-0.39, 0.29) is 36.4 Å². The summed E-state index contributed by atoms with van der Waals surface area (Å²) in [7, 11) is 3.75. The van der Waals surface area contributed by atoms with Gasteiger partial charge in [-0.2, -0.15) is 0 Å². The van der Waals surface area contributed by atoms with Crippen LogP contribution in [0.1, 0.15) is 48.1 Å². The minimum absolute atomic E-state index is 0.0866. The van der Waals surface area contributed by atoms with Crippen molar-refractivity contribution in [3.8, 4) is 5.75 Å². The molecule has 1 unspecified atom stereocenters. The molecule has 6 heteroatoms. The van der Waals surface area contributed by atoms with Crippen LogP contribution < -0.4 is 10.1 Å². The van der Waals surface area contributed by atoms with Crippen molar-refractivity contribution in [3.63, 3.8) is 0 Å². The predicted octanol–water partition coefficient (Wildman–Crippen LogP) is 4.00. The van der Waals surface area contributed by atoms with E-state index in [9.17, 15) is 14.0 Å². The number of likely N-dealkylation sites (N-methyl/N-ethyl adjacent to an activating group) is 1. The predicted molar refractivity (Wildman–Crippen MR) is 112 cm³/mol. The van der Waals surface area contributed by atoms with Crippen molar-refractivity contribution in [2.75, 3.05) is 27.2 Å². The van der Waals surface area contributed by atoms with Crippen LogP contribution in [0.2, 0.25) is 0 Å². The summed E-state index contributed by atoms with van der Waals surface area (Å²) in [6.45, 7) is 3.01. The van der Waals surface area contributed by atoms with Gasteiger partial charge in [0.2, 0.25) is 5.91 Å². The highest BCUT2D eigenvalue weighted by Gasteiger charge is 2.16. The Labute approximate surface area is 171 Å². The fraction of sp³-hybridized carbons (Fsp3) is 0.391. The Morgan fingerprint density at radius 3 is 2.45 bits per heavy atom. The van der Waals surface area contributed by atoms with Crippen LogP contribution in [0.4, 0.5) is 4.39 Å². The third-order valence-electron chi connectivity index (χ3n) is 4.58. The zero-order valence-electron chi connectivity index (χ0n) is 17.3. The SMILES string of the molecule is CCCOc1ccc(C(=O)CCC(=O)NCC(c2cccc(F)c2)N(C)C)cc1. The molecule has 0 bridgehead atoms. The molecule has 0 fully saturated rings. The molecule has 156 valence electrons. The molecule has 0 aliphatic heterocycles. The van der Waals surface area contributed by atoms with Crippen LogP contribution in [0.3, 0.4) is 0 Å². The number of halogens is 1. The van der Waals surface area contributed by atoms with Crippen LogP contribution in [0.15, 0.2) is 48.5 Å². The molecule has 5 nitrogen and oxygen atoms in total. The summed E-state index contributed by atoms with van der Waals surface area (Å²) < 4.78 is 19.0. The lowest BCUT2D eigenvalue weighted by Crippen LogP contribution is -2.34. The normalized spacial score (nSPS) is 11.9. The van der Waals surface area contributed by atoms with Gasteiger partial charge in [-0.15, -0.1) is 0 Å². The lowest BCUT2D eigenvalue weighted by Gasteiger charge is -2.25. The Kier molecular flexibility index (Phi) is 8.80. The quantitative estimate of drug-likeness (QED) is 0.580. The molecule has 0 heterocycles. The highest BCUT2D eigenvalue weighted by Crippen LogP contribution is 2.18. The van der Waals surface area contributed by atoms with Crippen molar-refractivity contribution in [2.45, 2.75) is 32.2 Å². The number of amides is 1. The van der Waals surface area contributed by atoms with Crippen LogP contribution in [0.25, 0.3) is 0 Å². The van der Waals surface area contributed by atoms with Crippen LogP contribution in [-0.4, -0.2) is 43.8 Å². The van der Waals surface area contributed by atoms with Gasteiger partial charge in [0.15, 0.2) is 5.78 Å². The van der Waals surface area contributed by atoms with Crippen LogP contribution in [0.5, 0.6) is 5.75 Å². The number of Topliss-reactive ketones (excluding diaryl/α,β-unsaturated/α-hetero) is 1.